The zero-order valence-electron chi connectivity index (χ0n) is 6.71. The van der Waals surface area contributed by atoms with E-state index in [0.29, 0.717) is 12.2 Å². The molecule has 0 aromatic carbocycles. The molecule has 0 radical (unpaired) electrons. The second kappa shape index (κ2) is 3.52. The summed E-state index contributed by atoms with van der Waals surface area (Å²) in [6.07, 6.45) is 3.23. The molecule has 2 saturated heterocycles. The monoisotopic (exact) mass is 157 g/mol. The lowest BCUT2D eigenvalue weighted by molar-refractivity contribution is -0.0380. The zero-order valence-corrected chi connectivity index (χ0v) is 6.71. The first-order chi connectivity index (χ1) is 5.45. The maximum Gasteiger partial charge on any atom is 0.0824 e. The van der Waals surface area contributed by atoms with Crippen LogP contribution >= 0.6 is 0 Å². The number of rotatable bonds is 3. The lowest BCUT2D eigenvalue weighted by atomic mass is 10.2. The summed E-state index contributed by atoms with van der Waals surface area (Å²) in [6.45, 7) is 3.77. The van der Waals surface area contributed by atoms with Gasteiger partial charge < -0.3 is 14.8 Å². The second-order valence-corrected chi connectivity index (χ2v) is 3.25. The summed E-state index contributed by atoms with van der Waals surface area (Å²) < 4.78 is 11.0. The summed E-state index contributed by atoms with van der Waals surface area (Å²) in [5.41, 5.74) is 0. The minimum atomic E-state index is 0.385. The minimum absolute atomic E-state index is 0.385. The predicted molar refractivity (Wildman–Crippen MR) is 41.6 cm³/mol. The molecule has 64 valence electrons. The van der Waals surface area contributed by atoms with E-state index in [4.69, 9.17) is 9.47 Å². The molecule has 2 aliphatic heterocycles. The van der Waals surface area contributed by atoms with Crippen LogP contribution in [0.2, 0.25) is 0 Å². The van der Waals surface area contributed by atoms with E-state index in [9.17, 15) is 0 Å². The Morgan fingerprint density at radius 2 is 2.36 bits per heavy atom. The molecule has 0 aliphatic carbocycles. The van der Waals surface area contributed by atoms with Crippen LogP contribution in [0.4, 0.5) is 0 Å². The summed E-state index contributed by atoms with van der Waals surface area (Å²) in [7, 11) is 0. The van der Waals surface area contributed by atoms with Crippen molar-refractivity contribution in [1.82, 2.24) is 5.32 Å². The van der Waals surface area contributed by atoms with Gasteiger partial charge in [-0.05, 0) is 12.8 Å². The van der Waals surface area contributed by atoms with Gasteiger partial charge in [0.05, 0.1) is 18.8 Å². The van der Waals surface area contributed by atoms with Gasteiger partial charge in [-0.3, -0.25) is 0 Å². The predicted octanol–water partition coefficient (Wildman–Crippen LogP) is 0.154. The third-order valence-electron chi connectivity index (χ3n) is 2.29. The highest BCUT2D eigenvalue weighted by molar-refractivity contribution is 4.76. The van der Waals surface area contributed by atoms with Crippen molar-refractivity contribution in [3.05, 3.63) is 0 Å². The van der Waals surface area contributed by atoms with Crippen LogP contribution in [0.15, 0.2) is 0 Å². The van der Waals surface area contributed by atoms with E-state index < -0.39 is 0 Å². The first kappa shape index (κ1) is 7.53. The highest BCUT2D eigenvalue weighted by Gasteiger charge is 2.21. The molecular formula is C8H15NO2. The van der Waals surface area contributed by atoms with Crippen LogP contribution in [-0.4, -0.2) is 38.5 Å². The van der Waals surface area contributed by atoms with E-state index in [-0.39, 0.29) is 0 Å². The van der Waals surface area contributed by atoms with Crippen molar-refractivity contribution in [2.24, 2.45) is 0 Å². The average Bonchev–Trinajstić information content (AvgIpc) is 2.36. The van der Waals surface area contributed by atoms with Gasteiger partial charge in [0.2, 0.25) is 0 Å². The smallest absolute Gasteiger partial charge is 0.0824 e. The Morgan fingerprint density at radius 3 is 2.91 bits per heavy atom. The number of ether oxygens (including phenoxy) is 2. The first-order valence-electron chi connectivity index (χ1n) is 4.39. The molecule has 0 aromatic heterocycles. The summed E-state index contributed by atoms with van der Waals surface area (Å²) in [5, 5.41) is 3.17. The van der Waals surface area contributed by atoms with Crippen LogP contribution < -0.4 is 5.32 Å². The van der Waals surface area contributed by atoms with Gasteiger partial charge in [0.25, 0.3) is 0 Å². The molecule has 11 heavy (non-hydrogen) atoms. The van der Waals surface area contributed by atoms with Gasteiger partial charge in [-0.1, -0.05) is 0 Å². The summed E-state index contributed by atoms with van der Waals surface area (Å²) in [6, 6.07) is 0. The maximum absolute atomic E-state index is 5.57. The Labute approximate surface area is 67.1 Å². The molecule has 0 aromatic rings. The average molecular weight is 157 g/mol. The molecule has 3 nitrogen and oxygen atoms in total. The molecule has 0 amide bonds. The largest absolute Gasteiger partial charge is 0.376 e. The second-order valence-electron chi connectivity index (χ2n) is 3.25. The quantitative estimate of drug-likeness (QED) is 0.632. The van der Waals surface area contributed by atoms with Gasteiger partial charge in [0, 0.05) is 19.7 Å². The van der Waals surface area contributed by atoms with E-state index in [0.717, 1.165) is 26.3 Å². The van der Waals surface area contributed by atoms with Crippen LogP contribution in [0.3, 0.4) is 0 Å². The Morgan fingerprint density at radius 1 is 1.45 bits per heavy atom. The maximum atomic E-state index is 5.57. The van der Waals surface area contributed by atoms with Crippen molar-refractivity contribution >= 4 is 0 Å². The highest BCUT2D eigenvalue weighted by Crippen LogP contribution is 2.13. The minimum Gasteiger partial charge on any atom is -0.376 e. The Bertz CT molecular complexity index is 119. The van der Waals surface area contributed by atoms with Crippen LogP contribution in [-0.2, 0) is 9.47 Å². The highest BCUT2D eigenvalue weighted by atomic mass is 16.5. The fraction of sp³-hybridized carbons (Fsp3) is 1.00. The fourth-order valence-corrected chi connectivity index (χ4v) is 1.40. The first-order valence-corrected chi connectivity index (χ1v) is 4.39. The molecule has 2 rings (SSSR count). The molecule has 0 unspecified atom stereocenters. The van der Waals surface area contributed by atoms with Crippen molar-refractivity contribution in [2.45, 2.75) is 25.0 Å². The lowest BCUT2D eigenvalue weighted by Gasteiger charge is -2.28. The Kier molecular flexibility index (Phi) is 2.41. The third kappa shape index (κ3) is 1.92. The van der Waals surface area contributed by atoms with Crippen molar-refractivity contribution < 1.29 is 9.47 Å². The lowest BCUT2D eigenvalue weighted by Crippen LogP contribution is -2.49. The van der Waals surface area contributed by atoms with Gasteiger partial charge in [-0.2, -0.15) is 0 Å². The molecule has 1 atom stereocenters. The molecule has 2 fully saturated rings. The standard InChI is InChI=1S/C8H15NO2/c1-2-7(10-3-1)6-11-8-4-9-5-8/h7-9H,1-6H2/t7-/m0/s1. The van der Waals surface area contributed by atoms with Gasteiger partial charge in [-0.15, -0.1) is 0 Å². The molecular weight excluding hydrogens is 142 g/mol. The van der Waals surface area contributed by atoms with Crippen LogP contribution in [0, 0.1) is 0 Å². The van der Waals surface area contributed by atoms with Crippen molar-refractivity contribution in [1.29, 1.82) is 0 Å². The summed E-state index contributed by atoms with van der Waals surface area (Å²) in [5.74, 6) is 0. The topological polar surface area (TPSA) is 30.5 Å². The number of nitrogens with one attached hydrogen (secondary N) is 1. The molecule has 0 saturated carbocycles. The van der Waals surface area contributed by atoms with Gasteiger partial charge >= 0.3 is 0 Å². The number of hydrogen-bond acceptors (Lipinski definition) is 3. The van der Waals surface area contributed by atoms with E-state index in [1.807, 2.05) is 0 Å². The third-order valence-corrected chi connectivity index (χ3v) is 2.29. The van der Waals surface area contributed by atoms with E-state index in [1.54, 1.807) is 0 Å². The number of hydrogen-bond donors (Lipinski definition) is 1. The molecule has 2 aliphatic rings. The van der Waals surface area contributed by atoms with Gasteiger partial charge in [-0.25, -0.2) is 0 Å². The van der Waals surface area contributed by atoms with E-state index >= 15 is 0 Å². The molecule has 1 N–H and O–H groups in total. The van der Waals surface area contributed by atoms with Gasteiger partial charge in [0.15, 0.2) is 0 Å². The summed E-state index contributed by atoms with van der Waals surface area (Å²) in [4.78, 5) is 0. The fourth-order valence-electron chi connectivity index (χ4n) is 1.40. The van der Waals surface area contributed by atoms with Crippen LogP contribution in [0.5, 0.6) is 0 Å². The van der Waals surface area contributed by atoms with E-state index in [2.05, 4.69) is 5.32 Å². The zero-order chi connectivity index (χ0) is 7.52. The Hall–Kier alpha value is -0.120. The molecule has 0 bridgehead atoms. The SMILES string of the molecule is C1CO[C@H](COC2CNC2)C1. The van der Waals surface area contributed by atoms with Crippen molar-refractivity contribution in [3.8, 4) is 0 Å². The molecule has 0 spiro atoms. The molecule has 2 heterocycles. The van der Waals surface area contributed by atoms with Crippen molar-refractivity contribution in [2.75, 3.05) is 26.3 Å². The van der Waals surface area contributed by atoms with E-state index in [1.165, 1.54) is 12.8 Å². The summed E-state index contributed by atoms with van der Waals surface area (Å²) >= 11 is 0. The normalized spacial score (nSPS) is 32.2. The van der Waals surface area contributed by atoms with Crippen LogP contribution in [0.1, 0.15) is 12.8 Å². The molecule has 3 heteroatoms. The Balaban J connectivity index is 1.57. The van der Waals surface area contributed by atoms with Gasteiger partial charge in [0.1, 0.15) is 0 Å². The van der Waals surface area contributed by atoms with Crippen LogP contribution in [0.25, 0.3) is 0 Å². The van der Waals surface area contributed by atoms with Crippen molar-refractivity contribution in [3.63, 3.8) is 0 Å².